The first-order chi connectivity index (χ1) is 13.6. The predicted octanol–water partition coefficient (Wildman–Crippen LogP) is 2.70. The Morgan fingerprint density at radius 3 is 2.64 bits per heavy atom. The second-order valence-electron chi connectivity index (χ2n) is 6.72. The molecule has 0 spiro atoms. The Morgan fingerprint density at radius 1 is 1.21 bits per heavy atom. The van der Waals surface area contributed by atoms with E-state index in [4.69, 9.17) is 17.0 Å². The van der Waals surface area contributed by atoms with E-state index in [2.05, 4.69) is 30.9 Å². The Bertz CT molecular complexity index is 800. The van der Waals surface area contributed by atoms with Crippen LogP contribution in [-0.4, -0.2) is 40.3 Å². The number of thiocarbonyl (C=S) groups is 1. The van der Waals surface area contributed by atoms with Crippen LogP contribution >= 0.6 is 12.2 Å². The molecule has 1 aliphatic heterocycles. The maximum atomic E-state index is 5.62. The molecule has 1 aliphatic rings. The molecule has 148 valence electrons. The van der Waals surface area contributed by atoms with Gasteiger partial charge in [-0.2, -0.15) is 0 Å². The summed E-state index contributed by atoms with van der Waals surface area (Å²) in [5.41, 5.74) is 2.87. The minimum atomic E-state index is 0.208. The van der Waals surface area contributed by atoms with Crippen molar-refractivity contribution in [2.75, 3.05) is 18.5 Å². The molecule has 2 aromatic rings. The van der Waals surface area contributed by atoms with Crippen LogP contribution in [0, 0.1) is 13.8 Å². The summed E-state index contributed by atoms with van der Waals surface area (Å²) in [6, 6.07) is 12.0. The van der Waals surface area contributed by atoms with Gasteiger partial charge < -0.3 is 15.4 Å². The van der Waals surface area contributed by atoms with E-state index >= 15 is 0 Å². The molecule has 8 heteroatoms. The molecule has 7 nitrogen and oxygen atoms in total. The lowest BCUT2D eigenvalue weighted by Crippen LogP contribution is -2.45. The van der Waals surface area contributed by atoms with Crippen LogP contribution in [-0.2, 0) is 11.3 Å². The number of guanidine groups is 1. The van der Waals surface area contributed by atoms with E-state index in [0.29, 0.717) is 30.1 Å². The summed E-state index contributed by atoms with van der Waals surface area (Å²) in [6.07, 6.45) is 2.36. The fourth-order valence-corrected chi connectivity index (χ4v) is 3.10. The van der Waals surface area contributed by atoms with E-state index in [1.807, 2.05) is 50.2 Å². The third-order valence-corrected chi connectivity index (χ3v) is 4.47. The third-order valence-electron chi connectivity index (χ3n) is 4.22. The Morgan fingerprint density at radius 2 is 1.96 bits per heavy atom. The Balaban J connectivity index is 1.66. The summed E-state index contributed by atoms with van der Waals surface area (Å²) in [7, 11) is 0. The minimum Gasteiger partial charge on any atom is -0.376 e. The van der Waals surface area contributed by atoms with Gasteiger partial charge >= 0.3 is 0 Å². The SMILES string of the molecule is Cc1cc(C)nc(NC(=NCc2ccccc2)NC(=S)NCC2CCCO2)n1. The highest BCUT2D eigenvalue weighted by atomic mass is 32.1. The van der Waals surface area contributed by atoms with E-state index in [1.54, 1.807) is 0 Å². The monoisotopic (exact) mass is 398 g/mol. The smallest absolute Gasteiger partial charge is 0.229 e. The molecule has 3 rings (SSSR count). The van der Waals surface area contributed by atoms with Crippen molar-refractivity contribution >= 4 is 29.2 Å². The summed E-state index contributed by atoms with van der Waals surface area (Å²) in [5.74, 6) is 0.984. The zero-order valence-electron chi connectivity index (χ0n) is 16.2. The first-order valence-corrected chi connectivity index (χ1v) is 9.83. The van der Waals surface area contributed by atoms with Gasteiger partial charge in [-0.25, -0.2) is 15.0 Å². The fourth-order valence-electron chi connectivity index (χ4n) is 2.92. The molecular weight excluding hydrogens is 372 g/mol. The zero-order chi connectivity index (χ0) is 19.8. The minimum absolute atomic E-state index is 0.208. The number of benzene rings is 1. The van der Waals surface area contributed by atoms with E-state index in [1.165, 1.54) is 0 Å². The lowest BCUT2D eigenvalue weighted by atomic mass is 10.2. The topological polar surface area (TPSA) is 83.5 Å². The van der Waals surface area contributed by atoms with Crippen molar-refractivity contribution in [3.05, 3.63) is 53.3 Å². The molecule has 0 bridgehead atoms. The molecule has 28 heavy (non-hydrogen) atoms. The van der Waals surface area contributed by atoms with Gasteiger partial charge in [-0.3, -0.25) is 5.32 Å². The number of hydrogen-bond donors (Lipinski definition) is 3. The predicted molar refractivity (Wildman–Crippen MR) is 115 cm³/mol. The van der Waals surface area contributed by atoms with Crippen molar-refractivity contribution in [3.63, 3.8) is 0 Å². The van der Waals surface area contributed by atoms with Crippen molar-refractivity contribution in [2.45, 2.75) is 39.3 Å². The molecule has 1 aromatic heterocycles. The molecule has 1 atom stereocenters. The van der Waals surface area contributed by atoms with E-state index in [9.17, 15) is 0 Å². The maximum absolute atomic E-state index is 5.62. The van der Waals surface area contributed by atoms with Crippen LogP contribution in [0.5, 0.6) is 0 Å². The number of aryl methyl sites for hydroxylation is 2. The second kappa shape index (κ2) is 10.1. The van der Waals surface area contributed by atoms with Gasteiger partial charge in [0.05, 0.1) is 12.6 Å². The van der Waals surface area contributed by atoms with Gasteiger partial charge in [-0.1, -0.05) is 30.3 Å². The molecule has 1 unspecified atom stereocenters. The normalized spacial score (nSPS) is 16.6. The van der Waals surface area contributed by atoms with Crippen molar-refractivity contribution in [2.24, 2.45) is 4.99 Å². The van der Waals surface area contributed by atoms with Gasteiger partial charge in [0.25, 0.3) is 0 Å². The van der Waals surface area contributed by atoms with Crippen LogP contribution in [0.4, 0.5) is 5.95 Å². The summed E-state index contributed by atoms with van der Waals surface area (Å²) < 4.78 is 5.62. The van der Waals surface area contributed by atoms with Crippen LogP contribution in [0.15, 0.2) is 41.4 Å². The molecule has 2 heterocycles. The highest BCUT2D eigenvalue weighted by Gasteiger charge is 2.15. The second-order valence-corrected chi connectivity index (χ2v) is 7.13. The van der Waals surface area contributed by atoms with Crippen molar-refractivity contribution < 1.29 is 4.74 Å². The molecular formula is C20H26N6OS. The molecule has 1 saturated heterocycles. The third kappa shape index (κ3) is 6.54. The lowest BCUT2D eigenvalue weighted by Gasteiger charge is -2.16. The molecule has 0 saturated carbocycles. The summed E-state index contributed by atoms with van der Waals surface area (Å²) in [5, 5.41) is 9.95. The van der Waals surface area contributed by atoms with Gasteiger partial charge in [0.1, 0.15) is 0 Å². The highest BCUT2D eigenvalue weighted by Crippen LogP contribution is 2.10. The Hall–Kier alpha value is -2.58. The molecule has 1 aromatic carbocycles. The number of rotatable bonds is 5. The summed E-state index contributed by atoms with van der Waals surface area (Å²) in [4.78, 5) is 13.5. The Kier molecular flexibility index (Phi) is 7.27. The zero-order valence-corrected chi connectivity index (χ0v) is 17.1. The first-order valence-electron chi connectivity index (χ1n) is 9.42. The number of nitrogens with zero attached hydrogens (tertiary/aromatic N) is 3. The van der Waals surface area contributed by atoms with E-state index < -0.39 is 0 Å². The summed E-state index contributed by atoms with van der Waals surface area (Å²) in [6.45, 7) is 5.87. The van der Waals surface area contributed by atoms with Crippen LogP contribution in [0.1, 0.15) is 29.8 Å². The van der Waals surface area contributed by atoms with Gasteiger partial charge in [-0.15, -0.1) is 0 Å². The first kappa shape index (κ1) is 20.2. The van der Waals surface area contributed by atoms with Crippen LogP contribution in [0.2, 0.25) is 0 Å². The van der Waals surface area contributed by atoms with Crippen LogP contribution in [0.25, 0.3) is 0 Å². The largest absolute Gasteiger partial charge is 0.376 e. The standard InChI is InChI=1S/C20H26N6OS/c1-14-11-15(2)24-19(23-14)25-18(21-12-16-7-4-3-5-8-16)26-20(28)22-13-17-9-6-10-27-17/h3-5,7-8,11,17H,6,9-10,12-13H2,1-2H3,(H3,21,22,23,24,25,26,28). The molecule has 0 radical (unpaired) electrons. The lowest BCUT2D eigenvalue weighted by molar-refractivity contribution is 0.114. The van der Waals surface area contributed by atoms with Crippen molar-refractivity contribution in [1.82, 2.24) is 20.6 Å². The number of anilines is 1. The molecule has 0 amide bonds. The Labute approximate surface area is 171 Å². The maximum Gasteiger partial charge on any atom is 0.229 e. The molecule has 1 fully saturated rings. The van der Waals surface area contributed by atoms with E-state index in [0.717, 1.165) is 36.4 Å². The van der Waals surface area contributed by atoms with Gasteiger partial charge in [-0.05, 0) is 50.5 Å². The molecule has 3 N–H and O–H groups in total. The highest BCUT2D eigenvalue weighted by molar-refractivity contribution is 7.80. The number of aliphatic imine (C=N–C) groups is 1. The number of hydrogen-bond acceptors (Lipinski definition) is 5. The molecule has 0 aliphatic carbocycles. The van der Waals surface area contributed by atoms with Gasteiger partial charge in [0.2, 0.25) is 11.9 Å². The van der Waals surface area contributed by atoms with Crippen molar-refractivity contribution in [1.29, 1.82) is 0 Å². The van der Waals surface area contributed by atoms with Crippen LogP contribution < -0.4 is 16.0 Å². The number of ether oxygens (including phenoxy) is 1. The number of nitrogens with one attached hydrogen (secondary N) is 3. The quantitative estimate of drug-likeness (QED) is 0.406. The summed E-state index contributed by atoms with van der Waals surface area (Å²) >= 11 is 5.42. The van der Waals surface area contributed by atoms with E-state index in [-0.39, 0.29) is 6.10 Å². The average molecular weight is 399 g/mol. The van der Waals surface area contributed by atoms with Gasteiger partial charge in [0.15, 0.2) is 5.11 Å². The van der Waals surface area contributed by atoms with Gasteiger partial charge in [0, 0.05) is 24.5 Å². The number of aromatic nitrogens is 2. The average Bonchev–Trinajstić information content (AvgIpc) is 3.18. The van der Waals surface area contributed by atoms with Crippen LogP contribution in [0.3, 0.4) is 0 Å². The fraction of sp³-hybridized carbons (Fsp3) is 0.400. The van der Waals surface area contributed by atoms with Crippen molar-refractivity contribution in [3.8, 4) is 0 Å².